The summed E-state index contributed by atoms with van der Waals surface area (Å²) >= 11 is 0. The van der Waals surface area contributed by atoms with Gasteiger partial charge in [0.25, 0.3) is 5.91 Å². The number of aryl methyl sites for hydroxylation is 1. The number of carbonyl (C=O) groups excluding carboxylic acids is 1. The molecule has 0 fully saturated rings. The van der Waals surface area contributed by atoms with Crippen LogP contribution in [0.4, 0.5) is 0 Å². The Bertz CT molecular complexity index is 675. The molecule has 2 aromatic rings. The Morgan fingerprint density at radius 1 is 1.45 bits per heavy atom. The third-order valence-electron chi connectivity index (χ3n) is 4.06. The quantitative estimate of drug-likeness (QED) is 0.800. The molecule has 2 aromatic heterocycles. The van der Waals surface area contributed by atoms with Crippen LogP contribution in [0.1, 0.15) is 59.9 Å². The van der Waals surface area contributed by atoms with Crippen LogP contribution in [0.3, 0.4) is 0 Å². The van der Waals surface area contributed by atoms with Crippen molar-refractivity contribution in [3.8, 4) is 0 Å². The molecule has 0 saturated heterocycles. The molecule has 0 bridgehead atoms. The van der Waals surface area contributed by atoms with Crippen LogP contribution in [0, 0.1) is 0 Å². The predicted molar refractivity (Wildman–Crippen MR) is 80.4 cm³/mol. The van der Waals surface area contributed by atoms with Crippen LogP contribution in [-0.4, -0.2) is 32.4 Å². The summed E-state index contributed by atoms with van der Waals surface area (Å²) in [4.78, 5) is 12.4. The number of fused-ring (bicyclic) bond motifs is 1. The van der Waals surface area contributed by atoms with Crippen LogP contribution in [0.5, 0.6) is 0 Å². The minimum absolute atomic E-state index is 0.0629. The third kappa shape index (κ3) is 2.64. The van der Waals surface area contributed by atoms with Crippen molar-refractivity contribution in [3.63, 3.8) is 0 Å². The zero-order valence-corrected chi connectivity index (χ0v) is 13.1. The summed E-state index contributed by atoms with van der Waals surface area (Å²) in [5.74, 6) is -0.171. The summed E-state index contributed by atoms with van der Waals surface area (Å²) in [6.07, 6.45) is 3.39. The van der Waals surface area contributed by atoms with Gasteiger partial charge in [-0.3, -0.25) is 15.0 Å². The molecule has 7 nitrogen and oxygen atoms in total. The van der Waals surface area contributed by atoms with Gasteiger partial charge in [0.2, 0.25) is 0 Å². The lowest BCUT2D eigenvalue weighted by molar-refractivity contribution is -0.00697. The molecule has 0 unspecified atom stereocenters. The van der Waals surface area contributed by atoms with E-state index in [1.54, 1.807) is 6.20 Å². The summed E-state index contributed by atoms with van der Waals surface area (Å²) in [6.45, 7) is 6.45. The SMILES string of the molecule is CCc1cn[nH]c1CNC(=O)c1n[nH]c2c1C[C@H](C)O[C@@H]2C. The van der Waals surface area contributed by atoms with Gasteiger partial charge in [-0.25, -0.2) is 0 Å². The average Bonchev–Trinajstić information content (AvgIpc) is 3.10. The van der Waals surface area contributed by atoms with Crippen molar-refractivity contribution in [1.82, 2.24) is 25.7 Å². The number of rotatable bonds is 4. The first kappa shape index (κ1) is 14.8. The first-order valence-corrected chi connectivity index (χ1v) is 7.62. The Labute approximate surface area is 128 Å². The lowest BCUT2D eigenvalue weighted by atomic mass is 9.99. The van der Waals surface area contributed by atoms with Gasteiger partial charge in [0.05, 0.1) is 36.3 Å². The molecular formula is C15H21N5O2. The van der Waals surface area contributed by atoms with E-state index < -0.39 is 0 Å². The molecule has 7 heteroatoms. The highest BCUT2D eigenvalue weighted by Gasteiger charge is 2.29. The number of carbonyl (C=O) groups is 1. The molecule has 22 heavy (non-hydrogen) atoms. The van der Waals surface area contributed by atoms with Crippen molar-refractivity contribution in [2.45, 2.75) is 52.4 Å². The second kappa shape index (κ2) is 5.92. The Balaban J connectivity index is 1.74. The highest BCUT2D eigenvalue weighted by atomic mass is 16.5. The van der Waals surface area contributed by atoms with Gasteiger partial charge < -0.3 is 10.1 Å². The molecule has 3 rings (SSSR count). The Morgan fingerprint density at radius 3 is 3.05 bits per heavy atom. The van der Waals surface area contributed by atoms with E-state index >= 15 is 0 Å². The van der Waals surface area contributed by atoms with E-state index in [4.69, 9.17) is 4.74 Å². The van der Waals surface area contributed by atoms with E-state index in [-0.39, 0.29) is 18.1 Å². The average molecular weight is 303 g/mol. The number of nitrogens with one attached hydrogen (secondary N) is 3. The normalized spacial score (nSPS) is 20.7. The monoisotopic (exact) mass is 303 g/mol. The largest absolute Gasteiger partial charge is 0.369 e. The molecule has 0 spiro atoms. The van der Waals surface area contributed by atoms with Gasteiger partial charge in [-0.15, -0.1) is 0 Å². The van der Waals surface area contributed by atoms with Crippen molar-refractivity contribution in [1.29, 1.82) is 0 Å². The van der Waals surface area contributed by atoms with Crippen molar-refractivity contribution < 1.29 is 9.53 Å². The van der Waals surface area contributed by atoms with Gasteiger partial charge in [-0.05, 0) is 25.8 Å². The second-order valence-electron chi connectivity index (χ2n) is 5.67. The number of nitrogens with zero attached hydrogens (tertiary/aromatic N) is 2. The van der Waals surface area contributed by atoms with Crippen LogP contribution in [0.15, 0.2) is 6.20 Å². The number of amides is 1. The number of H-pyrrole nitrogens is 2. The maximum atomic E-state index is 12.4. The van der Waals surface area contributed by atoms with Gasteiger partial charge in [0, 0.05) is 12.0 Å². The third-order valence-corrected chi connectivity index (χ3v) is 4.06. The van der Waals surface area contributed by atoms with Crippen LogP contribution in [0.2, 0.25) is 0 Å². The molecule has 3 heterocycles. The van der Waals surface area contributed by atoms with E-state index in [0.717, 1.165) is 28.9 Å². The van der Waals surface area contributed by atoms with Crippen LogP contribution >= 0.6 is 0 Å². The Morgan fingerprint density at radius 2 is 2.27 bits per heavy atom. The summed E-state index contributed by atoms with van der Waals surface area (Å²) in [6, 6.07) is 0. The lowest BCUT2D eigenvalue weighted by Crippen LogP contribution is -2.27. The fourth-order valence-electron chi connectivity index (χ4n) is 2.91. The van der Waals surface area contributed by atoms with Crippen molar-refractivity contribution in [3.05, 3.63) is 34.4 Å². The fourth-order valence-corrected chi connectivity index (χ4v) is 2.91. The summed E-state index contributed by atoms with van der Waals surface area (Å²) in [5, 5.41) is 17.0. The standard InChI is InChI=1S/C15H21N5O2/c1-4-10-6-17-18-12(10)7-16-15(21)14-11-5-8(2)22-9(3)13(11)19-20-14/h6,8-9H,4-5,7H2,1-3H3,(H,16,21)(H,17,18)(H,19,20)/t8-,9+/m0/s1. The van der Waals surface area contributed by atoms with Crippen LogP contribution < -0.4 is 5.32 Å². The lowest BCUT2D eigenvalue weighted by Gasteiger charge is -2.25. The molecule has 1 aliphatic heterocycles. The van der Waals surface area contributed by atoms with E-state index in [2.05, 4.69) is 32.6 Å². The number of aromatic amines is 2. The number of hydrogen-bond donors (Lipinski definition) is 3. The van der Waals surface area contributed by atoms with Gasteiger partial charge in [0.15, 0.2) is 5.69 Å². The van der Waals surface area contributed by atoms with E-state index in [0.29, 0.717) is 18.7 Å². The minimum atomic E-state index is -0.171. The smallest absolute Gasteiger partial charge is 0.272 e. The second-order valence-corrected chi connectivity index (χ2v) is 5.67. The fraction of sp³-hybridized carbons (Fsp3) is 0.533. The molecule has 0 aromatic carbocycles. The molecule has 118 valence electrons. The van der Waals surface area contributed by atoms with Crippen LogP contribution in [0.25, 0.3) is 0 Å². The zero-order chi connectivity index (χ0) is 15.7. The summed E-state index contributed by atoms with van der Waals surface area (Å²) < 4.78 is 5.74. The highest BCUT2D eigenvalue weighted by molar-refractivity contribution is 5.94. The maximum Gasteiger partial charge on any atom is 0.272 e. The number of aromatic nitrogens is 4. The minimum Gasteiger partial charge on any atom is -0.369 e. The Kier molecular flexibility index (Phi) is 3.98. The maximum absolute atomic E-state index is 12.4. The first-order valence-electron chi connectivity index (χ1n) is 7.62. The predicted octanol–water partition coefficient (Wildman–Crippen LogP) is 1.65. The molecule has 1 amide bonds. The summed E-state index contributed by atoms with van der Waals surface area (Å²) in [5.41, 5.74) is 4.38. The first-order chi connectivity index (χ1) is 10.6. The van der Waals surface area contributed by atoms with Gasteiger partial charge >= 0.3 is 0 Å². The molecular weight excluding hydrogens is 282 g/mol. The van der Waals surface area contributed by atoms with Gasteiger partial charge in [0.1, 0.15) is 0 Å². The van der Waals surface area contributed by atoms with Gasteiger partial charge in [-0.1, -0.05) is 6.92 Å². The Hall–Kier alpha value is -2.15. The molecule has 0 aliphatic carbocycles. The summed E-state index contributed by atoms with van der Waals surface area (Å²) in [7, 11) is 0. The van der Waals surface area contributed by atoms with E-state index in [9.17, 15) is 4.79 Å². The zero-order valence-electron chi connectivity index (χ0n) is 13.1. The topological polar surface area (TPSA) is 95.7 Å². The molecule has 2 atom stereocenters. The van der Waals surface area contributed by atoms with Crippen LogP contribution in [-0.2, 0) is 24.1 Å². The van der Waals surface area contributed by atoms with Gasteiger partial charge in [-0.2, -0.15) is 10.2 Å². The highest BCUT2D eigenvalue weighted by Crippen LogP contribution is 2.30. The molecule has 3 N–H and O–H groups in total. The van der Waals surface area contributed by atoms with Crippen molar-refractivity contribution >= 4 is 5.91 Å². The number of ether oxygens (including phenoxy) is 1. The van der Waals surface area contributed by atoms with E-state index in [1.165, 1.54) is 0 Å². The molecule has 0 radical (unpaired) electrons. The van der Waals surface area contributed by atoms with Crippen molar-refractivity contribution in [2.75, 3.05) is 0 Å². The van der Waals surface area contributed by atoms with Crippen molar-refractivity contribution in [2.24, 2.45) is 0 Å². The van der Waals surface area contributed by atoms with E-state index in [1.807, 2.05) is 13.8 Å². The molecule has 0 saturated carbocycles. The number of hydrogen-bond acceptors (Lipinski definition) is 4. The molecule has 1 aliphatic rings.